The first-order valence-corrected chi connectivity index (χ1v) is 10.4. The fourth-order valence-electron chi connectivity index (χ4n) is 5.03. The molecule has 3 aliphatic rings. The van der Waals surface area contributed by atoms with E-state index in [2.05, 4.69) is 16.0 Å². The first kappa shape index (κ1) is 19.0. The Morgan fingerprint density at radius 1 is 1.20 bits per heavy atom. The summed E-state index contributed by atoms with van der Waals surface area (Å²) in [6.45, 7) is 3.12. The number of hydrogen-bond donors (Lipinski definition) is 0. The molecule has 1 amide bonds. The molecule has 6 nitrogen and oxygen atoms in total. The molecule has 0 N–H and O–H groups in total. The smallest absolute Gasteiger partial charge is 0.257 e. The van der Waals surface area contributed by atoms with E-state index in [1.807, 2.05) is 19.1 Å². The van der Waals surface area contributed by atoms with Gasteiger partial charge in [-0.25, -0.2) is 9.37 Å². The highest BCUT2D eigenvalue weighted by molar-refractivity contribution is 5.88. The number of amides is 1. The van der Waals surface area contributed by atoms with Gasteiger partial charge in [0.15, 0.2) is 5.60 Å². The summed E-state index contributed by atoms with van der Waals surface area (Å²) >= 11 is 0. The summed E-state index contributed by atoms with van der Waals surface area (Å²) in [4.78, 5) is 21.9. The summed E-state index contributed by atoms with van der Waals surface area (Å²) < 4.78 is 20.7. The highest BCUT2D eigenvalue weighted by Gasteiger charge is 2.58. The number of ether oxygens (including phenoxy) is 1. The number of aryl methyl sites for hydroxylation is 1. The predicted octanol–water partition coefficient (Wildman–Crippen LogP) is 3.46. The van der Waals surface area contributed by atoms with E-state index in [9.17, 15) is 9.18 Å². The van der Waals surface area contributed by atoms with Gasteiger partial charge < -0.3 is 14.5 Å². The van der Waals surface area contributed by atoms with Crippen LogP contribution in [0.4, 0.5) is 10.2 Å². The Kier molecular flexibility index (Phi) is 4.48. The fourth-order valence-corrected chi connectivity index (χ4v) is 5.03. The number of pyridine rings is 1. The molecule has 30 heavy (non-hydrogen) atoms. The maximum Gasteiger partial charge on any atom is 0.257 e. The lowest BCUT2D eigenvalue weighted by Gasteiger charge is -2.38. The van der Waals surface area contributed by atoms with Crippen LogP contribution in [0.25, 0.3) is 0 Å². The van der Waals surface area contributed by atoms with E-state index in [1.165, 1.54) is 6.07 Å². The van der Waals surface area contributed by atoms with Gasteiger partial charge in [0.2, 0.25) is 0 Å². The van der Waals surface area contributed by atoms with E-state index in [4.69, 9.17) is 10.00 Å². The number of fused-ring (bicyclic) bond motifs is 1. The minimum atomic E-state index is -0.827. The Balaban J connectivity index is 1.33. The summed E-state index contributed by atoms with van der Waals surface area (Å²) in [6, 6.07) is 12.2. The molecule has 0 bridgehead atoms. The molecule has 3 saturated heterocycles. The molecule has 1 aromatic heterocycles. The van der Waals surface area contributed by atoms with Crippen LogP contribution in [0, 0.1) is 24.1 Å². The Labute approximate surface area is 174 Å². The SMILES string of the molecule is Cc1nc(N2CCC3(CC2)OC2CCC(c4ccccc4F)N2C3=O)ccc1C#N. The maximum atomic E-state index is 14.4. The van der Waals surface area contributed by atoms with Gasteiger partial charge in [0.1, 0.15) is 23.9 Å². The van der Waals surface area contributed by atoms with Gasteiger partial charge in [-0.05, 0) is 38.0 Å². The van der Waals surface area contributed by atoms with E-state index in [1.54, 1.807) is 23.1 Å². The topological polar surface area (TPSA) is 69.5 Å². The molecule has 2 atom stereocenters. The van der Waals surface area contributed by atoms with Crippen LogP contribution in [0.3, 0.4) is 0 Å². The molecule has 1 aromatic carbocycles. The van der Waals surface area contributed by atoms with Gasteiger partial charge in [-0.1, -0.05) is 18.2 Å². The van der Waals surface area contributed by atoms with Crippen LogP contribution in [0.15, 0.2) is 36.4 Å². The second kappa shape index (κ2) is 7.06. The molecule has 1 spiro atoms. The van der Waals surface area contributed by atoms with Crippen molar-refractivity contribution < 1.29 is 13.9 Å². The highest BCUT2D eigenvalue weighted by Crippen LogP contribution is 2.48. The summed E-state index contributed by atoms with van der Waals surface area (Å²) in [6.07, 6.45) is 2.32. The molecule has 0 aliphatic carbocycles. The molecule has 3 fully saturated rings. The van der Waals surface area contributed by atoms with Crippen LogP contribution in [-0.4, -0.2) is 40.7 Å². The third kappa shape index (κ3) is 2.86. The highest BCUT2D eigenvalue weighted by atomic mass is 19.1. The standard InChI is InChI=1S/C23H23FN4O2/c1-15-16(14-25)6-8-20(26-15)27-12-10-23(11-13-27)22(29)28-19(7-9-21(28)30-23)17-4-2-3-5-18(17)24/h2-6,8,19,21H,7,9-13H2,1H3. The number of aromatic nitrogens is 1. The largest absolute Gasteiger partial charge is 0.356 e. The van der Waals surface area contributed by atoms with Gasteiger partial charge in [0.05, 0.1) is 17.3 Å². The van der Waals surface area contributed by atoms with Crippen molar-refractivity contribution in [3.8, 4) is 6.07 Å². The molecule has 2 unspecified atom stereocenters. The average Bonchev–Trinajstić information content (AvgIpc) is 3.27. The Bertz CT molecular complexity index is 1040. The number of anilines is 1. The predicted molar refractivity (Wildman–Crippen MR) is 108 cm³/mol. The maximum absolute atomic E-state index is 14.4. The molecule has 154 valence electrons. The first-order valence-electron chi connectivity index (χ1n) is 10.4. The van der Waals surface area contributed by atoms with Crippen molar-refractivity contribution in [2.24, 2.45) is 0 Å². The minimum Gasteiger partial charge on any atom is -0.356 e. The molecule has 0 radical (unpaired) electrons. The van der Waals surface area contributed by atoms with Crippen LogP contribution >= 0.6 is 0 Å². The number of nitriles is 1. The van der Waals surface area contributed by atoms with E-state index < -0.39 is 5.60 Å². The molecule has 0 saturated carbocycles. The third-order valence-corrected chi connectivity index (χ3v) is 6.67. The number of carbonyl (C=O) groups is 1. The molecule has 4 heterocycles. The summed E-state index contributed by atoms with van der Waals surface area (Å²) in [5.74, 6) is 0.535. The molecule has 5 rings (SSSR count). The number of rotatable bonds is 2. The number of halogens is 1. The average molecular weight is 406 g/mol. The molecular weight excluding hydrogens is 383 g/mol. The van der Waals surface area contributed by atoms with Gasteiger partial charge in [0, 0.05) is 31.5 Å². The monoisotopic (exact) mass is 406 g/mol. The zero-order valence-electron chi connectivity index (χ0n) is 16.8. The number of benzene rings is 1. The number of nitrogens with zero attached hydrogens (tertiary/aromatic N) is 4. The van der Waals surface area contributed by atoms with Crippen LogP contribution in [0.5, 0.6) is 0 Å². The lowest BCUT2D eigenvalue weighted by molar-refractivity contribution is -0.140. The Morgan fingerprint density at radius 3 is 2.67 bits per heavy atom. The lowest BCUT2D eigenvalue weighted by Crippen LogP contribution is -2.50. The summed E-state index contributed by atoms with van der Waals surface area (Å²) in [5, 5.41) is 9.10. The quantitative estimate of drug-likeness (QED) is 0.764. The summed E-state index contributed by atoms with van der Waals surface area (Å²) in [5.41, 5.74) is 1.02. The zero-order chi connectivity index (χ0) is 20.9. The van der Waals surface area contributed by atoms with Crippen molar-refractivity contribution in [1.29, 1.82) is 5.26 Å². The second-order valence-electron chi connectivity index (χ2n) is 8.30. The van der Waals surface area contributed by atoms with Gasteiger partial charge in [0.25, 0.3) is 5.91 Å². The minimum absolute atomic E-state index is 0.0122. The molecule has 2 aromatic rings. The van der Waals surface area contributed by atoms with Crippen LogP contribution in [0.2, 0.25) is 0 Å². The summed E-state index contributed by atoms with van der Waals surface area (Å²) in [7, 11) is 0. The second-order valence-corrected chi connectivity index (χ2v) is 8.30. The van der Waals surface area contributed by atoms with Gasteiger partial charge in [-0.3, -0.25) is 4.79 Å². The van der Waals surface area contributed by atoms with E-state index in [0.29, 0.717) is 49.2 Å². The molecule has 7 heteroatoms. The number of hydrogen-bond acceptors (Lipinski definition) is 5. The molecule has 3 aliphatic heterocycles. The van der Waals surface area contributed by atoms with Crippen molar-refractivity contribution >= 4 is 11.7 Å². The molecular formula is C23H23FN4O2. The van der Waals surface area contributed by atoms with Crippen molar-refractivity contribution in [3.63, 3.8) is 0 Å². The lowest BCUT2D eigenvalue weighted by atomic mass is 9.89. The van der Waals surface area contributed by atoms with E-state index in [0.717, 1.165) is 12.2 Å². The van der Waals surface area contributed by atoms with Gasteiger partial charge in [-0.2, -0.15) is 5.26 Å². The van der Waals surface area contributed by atoms with Crippen molar-refractivity contribution in [2.75, 3.05) is 18.0 Å². The first-order chi connectivity index (χ1) is 14.5. The number of carbonyl (C=O) groups excluding carboxylic acids is 1. The third-order valence-electron chi connectivity index (χ3n) is 6.67. The Morgan fingerprint density at radius 2 is 1.97 bits per heavy atom. The Hall–Kier alpha value is -2.98. The van der Waals surface area contributed by atoms with E-state index in [-0.39, 0.29) is 24.0 Å². The van der Waals surface area contributed by atoms with E-state index >= 15 is 0 Å². The van der Waals surface area contributed by atoms with Crippen molar-refractivity contribution in [1.82, 2.24) is 9.88 Å². The normalized spacial score (nSPS) is 24.9. The number of piperidine rings is 1. The van der Waals surface area contributed by atoms with Crippen LogP contribution in [-0.2, 0) is 9.53 Å². The fraction of sp³-hybridized carbons (Fsp3) is 0.435. The zero-order valence-corrected chi connectivity index (χ0v) is 16.8. The van der Waals surface area contributed by atoms with Crippen LogP contribution in [0.1, 0.15) is 48.5 Å². The van der Waals surface area contributed by atoms with Gasteiger partial charge >= 0.3 is 0 Å². The van der Waals surface area contributed by atoms with Gasteiger partial charge in [-0.15, -0.1) is 0 Å². The van der Waals surface area contributed by atoms with Crippen molar-refractivity contribution in [3.05, 3.63) is 59.0 Å². The van der Waals surface area contributed by atoms with Crippen LogP contribution < -0.4 is 4.90 Å². The van der Waals surface area contributed by atoms with Crippen molar-refractivity contribution in [2.45, 2.75) is 50.5 Å².